The van der Waals surface area contributed by atoms with E-state index in [9.17, 15) is 4.79 Å². The fraction of sp³-hybridized carbons (Fsp3) is 0.462. The first-order valence-electron chi connectivity index (χ1n) is 5.94. The summed E-state index contributed by atoms with van der Waals surface area (Å²) in [4.78, 5) is 11.8. The number of anilines is 1. The van der Waals surface area contributed by atoms with Crippen LogP contribution in [0.25, 0.3) is 0 Å². The maximum absolute atomic E-state index is 11.8. The molecular weight excluding hydrogens is 252 g/mol. The molecule has 0 saturated heterocycles. The summed E-state index contributed by atoms with van der Waals surface area (Å²) in [6.07, 6.45) is 0. The molecule has 0 aliphatic heterocycles. The lowest BCUT2D eigenvalue weighted by atomic mass is 10.0. The van der Waals surface area contributed by atoms with Crippen molar-refractivity contribution in [3.8, 4) is 5.75 Å². The zero-order valence-electron chi connectivity index (χ0n) is 10.9. The largest absolute Gasteiger partial charge is 0.492 e. The molecule has 0 heterocycles. The van der Waals surface area contributed by atoms with Gasteiger partial charge in [0.1, 0.15) is 5.75 Å². The number of hydrogen-bond acceptors (Lipinski definition) is 3. The van der Waals surface area contributed by atoms with Crippen LogP contribution in [0.15, 0.2) is 18.2 Å². The summed E-state index contributed by atoms with van der Waals surface area (Å²) < 4.78 is 5.31. The topological polar surface area (TPSA) is 64.3 Å². The predicted molar refractivity (Wildman–Crippen MR) is 74.1 cm³/mol. The van der Waals surface area contributed by atoms with Gasteiger partial charge in [-0.1, -0.05) is 25.4 Å². The molecule has 5 heteroatoms. The number of nitrogens with two attached hydrogens (primary N) is 1. The molecule has 0 bridgehead atoms. The summed E-state index contributed by atoms with van der Waals surface area (Å²) >= 11 is 6.03. The second-order valence-electron chi connectivity index (χ2n) is 4.34. The van der Waals surface area contributed by atoms with Gasteiger partial charge in [0.05, 0.1) is 17.7 Å². The Bertz CT molecular complexity index is 421. The molecule has 0 spiro atoms. The third-order valence-electron chi connectivity index (χ3n) is 2.52. The maximum atomic E-state index is 11.8. The van der Waals surface area contributed by atoms with E-state index in [2.05, 4.69) is 5.32 Å². The van der Waals surface area contributed by atoms with E-state index in [1.165, 1.54) is 0 Å². The Morgan fingerprint density at radius 2 is 2.17 bits per heavy atom. The first-order valence-corrected chi connectivity index (χ1v) is 6.32. The first-order chi connectivity index (χ1) is 8.45. The Balaban J connectivity index is 2.74. The summed E-state index contributed by atoms with van der Waals surface area (Å²) in [6, 6.07) is 4.58. The summed E-state index contributed by atoms with van der Waals surface area (Å²) in [5.74, 6) is 0.471. The van der Waals surface area contributed by atoms with Gasteiger partial charge in [-0.05, 0) is 31.0 Å². The van der Waals surface area contributed by atoms with Crippen LogP contribution in [0.2, 0.25) is 5.02 Å². The van der Waals surface area contributed by atoms with Gasteiger partial charge in [0.15, 0.2) is 0 Å². The quantitative estimate of drug-likeness (QED) is 0.865. The molecule has 1 amide bonds. The molecule has 3 N–H and O–H groups in total. The minimum absolute atomic E-state index is 0.0863. The number of benzene rings is 1. The van der Waals surface area contributed by atoms with Crippen LogP contribution in [0.3, 0.4) is 0 Å². The molecule has 100 valence electrons. The second-order valence-corrected chi connectivity index (χ2v) is 4.74. The molecule has 0 saturated carbocycles. The minimum Gasteiger partial charge on any atom is -0.492 e. The highest BCUT2D eigenvalue weighted by molar-refractivity contribution is 6.32. The van der Waals surface area contributed by atoms with E-state index in [1.807, 2.05) is 20.8 Å². The van der Waals surface area contributed by atoms with E-state index in [0.29, 0.717) is 23.1 Å². The van der Waals surface area contributed by atoms with Crippen molar-refractivity contribution >= 4 is 23.2 Å². The smallest absolute Gasteiger partial charge is 0.241 e. The number of halogens is 1. The summed E-state index contributed by atoms with van der Waals surface area (Å²) in [5, 5.41) is 3.19. The Kier molecular flexibility index (Phi) is 5.44. The van der Waals surface area contributed by atoms with Crippen molar-refractivity contribution in [3.63, 3.8) is 0 Å². The van der Waals surface area contributed by atoms with Gasteiger partial charge in [0.25, 0.3) is 0 Å². The van der Waals surface area contributed by atoms with Crippen molar-refractivity contribution in [1.82, 2.24) is 0 Å². The van der Waals surface area contributed by atoms with Gasteiger partial charge < -0.3 is 15.8 Å². The zero-order chi connectivity index (χ0) is 13.7. The van der Waals surface area contributed by atoms with Crippen LogP contribution in [0.5, 0.6) is 5.75 Å². The van der Waals surface area contributed by atoms with Gasteiger partial charge in [0, 0.05) is 5.69 Å². The van der Waals surface area contributed by atoms with E-state index in [-0.39, 0.29) is 11.8 Å². The third kappa shape index (κ3) is 3.89. The van der Waals surface area contributed by atoms with Gasteiger partial charge in [-0.3, -0.25) is 4.79 Å². The number of carbonyl (C=O) groups is 1. The first kappa shape index (κ1) is 14.8. The summed E-state index contributed by atoms with van der Waals surface area (Å²) in [7, 11) is 0. The van der Waals surface area contributed by atoms with Crippen LogP contribution in [0, 0.1) is 5.92 Å². The Hall–Kier alpha value is -1.26. The van der Waals surface area contributed by atoms with Gasteiger partial charge in [-0.2, -0.15) is 0 Å². The molecule has 1 aromatic carbocycles. The average molecular weight is 271 g/mol. The molecule has 0 aliphatic carbocycles. The molecule has 0 unspecified atom stereocenters. The molecule has 1 aromatic rings. The normalized spacial score (nSPS) is 12.3. The molecule has 1 rings (SSSR count). The fourth-order valence-corrected chi connectivity index (χ4v) is 1.61. The molecule has 4 nitrogen and oxygen atoms in total. The van der Waals surface area contributed by atoms with Crippen LogP contribution >= 0.6 is 11.6 Å². The number of amides is 1. The molecule has 0 radical (unpaired) electrons. The van der Waals surface area contributed by atoms with Crippen molar-refractivity contribution < 1.29 is 9.53 Å². The number of nitrogens with one attached hydrogen (secondary N) is 1. The van der Waals surface area contributed by atoms with E-state index < -0.39 is 6.04 Å². The number of carbonyl (C=O) groups excluding carboxylic acids is 1. The fourth-order valence-electron chi connectivity index (χ4n) is 1.38. The summed E-state index contributed by atoms with van der Waals surface area (Å²) in [6.45, 7) is 6.22. The lowest BCUT2D eigenvalue weighted by Gasteiger charge is -2.16. The SMILES string of the molecule is CCOc1ccc(NC(=O)[C@H](N)C(C)C)cc1Cl. The molecule has 0 aliphatic rings. The molecule has 0 aromatic heterocycles. The molecule has 1 atom stereocenters. The molecular formula is C13H19ClN2O2. The minimum atomic E-state index is -0.532. The Labute approximate surface area is 112 Å². The average Bonchev–Trinajstić information content (AvgIpc) is 2.31. The predicted octanol–water partition coefficient (Wildman–Crippen LogP) is 2.66. The molecule has 0 fully saturated rings. The van der Waals surface area contributed by atoms with Gasteiger partial charge in [-0.15, -0.1) is 0 Å². The summed E-state index contributed by atoms with van der Waals surface area (Å²) in [5.41, 5.74) is 6.37. The second kappa shape index (κ2) is 6.61. The van der Waals surface area contributed by atoms with Gasteiger partial charge in [0.2, 0.25) is 5.91 Å². The lowest BCUT2D eigenvalue weighted by Crippen LogP contribution is -2.39. The van der Waals surface area contributed by atoms with Crippen molar-refractivity contribution in [1.29, 1.82) is 0 Å². The maximum Gasteiger partial charge on any atom is 0.241 e. The van der Waals surface area contributed by atoms with Crippen molar-refractivity contribution in [2.45, 2.75) is 26.8 Å². The third-order valence-corrected chi connectivity index (χ3v) is 2.82. The Morgan fingerprint density at radius 1 is 1.50 bits per heavy atom. The van der Waals surface area contributed by atoms with Crippen LogP contribution in [-0.2, 0) is 4.79 Å². The van der Waals surface area contributed by atoms with E-state index >= 15 is 0 Å². The lowest BCUT2D eigenvalue weighted by molar-refractivity contribution is -0.118. The highest BCUT2D eigenvalue weighted by Gasteiger charge is 2.17. The number of rotatable bonds is 5. The van der Waals surface area contributed by atoms with Gasteiger partial charge in [-0.25, -0.2) is 0 Å². The van der Waals surface area contributed by atoms with Crippen LogP contribution in [0.4, 0.5) is 5.69 Å². The number of hydrogen-bond donors (Lipinski definition) is 2. The molecule has 18 heavy (non-hydrogen) atoms. The van der Waals surface area contributed by atoms with Crippen LogP contribution < -0.4 is 15.8 Å². The van der Waals surface area contributed by atoms with Crippen LogP contribution in [0.1, 0.15) is 20.8 Å². The number of ether oxygens (including phenoxy) is 1. The van der Waals surface area contributed by atoms with Crippen molar-refractivity contribution in [2.75, 3.05) is 11.9 Å². The van der Waals surface area contributed by atoms with E-state index in [0.717, 1.165) is 0 Å². The Morgan fingerprint density at radius 3 is 2.67 bits per heavy atom. The van der Waals surface area contributed by atoms with E-state index in [4.69, 9.17) is 22.1 Å². The van der Waals surface area contributed by atoms with Crippen LogP contribution in [-0.4, -0.2) is 18.6 Å². The van der Waals surface area contributed by atoms with Crippen molar-refractivity contribution in [2.24, 2.45) is 11.7 Å². The standard InChI is InChI=1S/C13H19ClN2O2/c1-4-18-11-6-5-9(7-10(11)14)16-13(17)12(15)8(2)3/h5-8,12H,4,15H2,1-3H3,(H,16,17)/t12-/m1/s1. The highest BCUT2D eigenvalue weighted by atomic mass is 35.5. The highest BCUT2D eigenvalue weighted by Crippen LogP contribution is 2.27. The van der Waals surface area contributed by atoms with Crippen molar-refractivity contribution in [3.05, 3.63) is 23.2 Å². The zero-order valence-corrected chi connectivity index (χ0v) is 11.6. The van der Waals surface area contributed by atoms with Gasteiger partial charge >= 0.3 is 0 Å². The monoisotopic (exact) mass is 270 g/mol. The van der Waals surface area contributed by atoms with E-state index in [1.54, 1.807) is 18.2 Å².